The van der Waals surface area contributed by atoms with Crippen molar-refractivity contribution in [2.24, 2.45) is 5.92 Å². The normalized spacial score (nSPS) is 15.3. The summed E-state index contributed by atoms with van der Waals surface area (Å²) in [7, 11) is 2.01. The maximum atomic E-state index is 6.42. The van der Waals surface area contributed by atoms with Crippen LogP contribution in [0, 0.1) is 5.92 Å². The van der Waals surface area contributed by atoms with Crippen molar-refractivity contribution < 1.29 is 4.42 Å². The fraction of sp³-hybridized carbons (Fsp3) is 0.186. The molecular weight excluding hydrogens is 546 g/mol. The van der Waals surface area contributed by atoms with E-state index in [2.05, 4.69) is 153 Å². The van der Waals surface area contributed by atoms with Gasteiger partial charge in [0, 0.05) is 10.8 Å². The molecule has 2 unspecified atom stereocenters. The highest BCUT2D eigenvalue weighted by Crippen LogP contribution is 2.38. The van der Waals surface area contributed by atoms with E-state index in [-0.39, 0.29) is 12.0 Å². The van der Waals surface area contributed by atoms with Crippen molar-refractivity contribution in [1.82, 2.24) is 5.32 Å². The average molecular weight is 590 g/mol. The highest BCUT2D eigenvalue weighted by Gasteiger charge is 2.20. The van der Waals surface area contributed by atoms with Gasteiger partial charge in [0.1, 0.15) is 11.2 Å². The zero-order chi connectivity index (χ0) is 31.4. The lowest BCUT2D eigenvalue weighted by atomic mass is 9.89. The fourth-order valence-electron chi connectivity index (χ4n) is 5.84. The average Bonchev–Trinajstić information content (AvgIpc) is 3.23. The molecule has 1 heterocycles. The molecule has 2 atom stereocenters. The molecule has 4 aromatic rings. The van der Waals surface area contributed by atoms with Gasteiger partial charge in [0.2, 0.25) is 0 Å². The fourth-order valence-corrected chi connectivity index (χ4v) is 5.84. The van der Waals surface area contributed by atoms with Crippen LogP contribution < -0.4 is 5.32 Å². The van der Waals surface area contributed by atoms with Gasteiger partial charge in [-0.3, -0.25) is 0 Å². The minimum Gasteiger partial charge on any atom is -0.456 e. The van der Waals surface area contributed by atoms with Crippen molar-refractivity contribution in [3.63, 3.8) is 0 Å². The Labute approximate surface area is 268 Å². The Morgan fingerprint density at radius 3 is 2.67 bits per heavy atom. The Hall–Kier alpha value is -4.88. The second kappa shape index (κ2) is 15.7. The number of hydrogen-bond acceptors (Lipinski definition) is 2. The molecule has 1 aliphatic rings. The maximum absolute atomic E-state index is 6.42. The predicted octanol–water partition coefficient (Wildman–Crippen LogP) is 11.3. The first kappa shape index (κ1) is 31.5. The summed E-state index contributed by atoms with van der Waals surface area (Å²) in [5.74, 6) is 0.268. The second-order valence-corrected chi connectivity index (χ2v) is 11.4. The van der Waals surface area contributed by atoms with E-state index in [0.717, 1.165) is 52.3 Å². The van der Waals surface area contributed by atoms with Gasteiger partial charge in [0.05, 0.1) is 6.04 Å². The van der Waals surface area contributed by atoms with Crippen molar-refractivity contribution in [3.8, 4) is 0 Å². The quantitative estimate of drug-likeness (QED) is 0.0953. The van der Waals surface area contributed by atoms with E-state index in [0.29, 0.717) is 0 Å². The molecule has 0 radical (unpaired) electrons. The number of likely N-dealkylation sites (N-methyl/N-ethyl adjacent to an activating group) is 1. The van der Waals surface area contributed by atoms with Crippen LogP contribution in [0.15, 0.2) is 168 Å². The second-order valence-electron chi connectivity index (χ2n) is 11.4. The molecule has 2 nitrogen and oxygen atoms in total. The lowest BCUT2D eigenvalue weighted by Crippen LogP contribution is -2.18. The Bertz CT molecular complexity index is 1880. The van der Waals surface area contributed by atoms with E-state index in [1.165, 1.54) is 22.3 Å². The molecule has 5 rings (SSSR count). The van der Waals surface area contributed by atoms with Crippen molar-refractivity contribution >= 4 is 27.5 Å². The van der Waals surface area contributed by atoms with Gasteiger partial charge >= 0.3 is 0 Å². The van der Waals surface area contributed by atoms with Crippen LogP contribution in [-0.4, -0.2) is 7.05 Å². The Morgan fingerprint density at radius 2 is 1.87 bits per heavy atom. The van der Waals surface area contributed by atoms with Gasteiger partial charge in [-0.1, -0.05) is 129 Å². The molecule has 0 spiro atoms. The van der Waals surface area contributed by atoms with Gasteiger partial charge < -0.3 is 9.73 Å². The molecule has 3 aromatic carbocycles. The minimum absolute atomic E-state index is 0.00986. The summed E-state index contributed by atoms with van der Waals surface area (Å²) in [4.78, 5) is 0. The third-order valence-electron chi connectivity index (χ3n) is 8.20. The SMILES string of the molecule is C=CC/C=C(\C=C(/Cc1ccccc1)C(C)/C=C\C=C/CC)c1ccc2oc3cccc(C(NC)C4=CC=CC=C=C4)c3c2c1. The van der Waals surface area contributed by atoms with Crippen LogP contribution in [0.4, 0.5) is 0 Å². The third kappa shape index (κ3) is 7.80. The van der Waals surface area contributed by atoms with Gasteiger partial charge in [-0.25, -0.2) is 0 Å². The molecule has 1 N–H and O–H groups in total. The number of benzene rings is 3. The molecule has 226 valence electrons. The molecule has 0 aliphatic heterocycles. The zero-order valence-corrected chi connectivity index (χ0v) is 26.7. The molecule has 0 fully saturated rings. The first-order valence-electron chi connectivity index (χ1n) is 15.9. The van der Waals surface area contributed by atoms with Gasteiger partial charge in [-0.2, -0.15) is 0 Å². The summed E-state index contributed by atoms with van der Waals surface area (Å²) in [6, 6.07) is 23.7. The van der Waals surface area contributed by atoms with Crippen LogP contribution in [-0.2, 0) is 6.42 Å². The maximum Gasteiger partial charge on any atom is 0.135 e. The predicted molar refractivity (Wildman–Crippen MR) is 194 cm³/mol. The number of nitrogens with one attached hydrogen (secondary N) is 1. The minimum atomic E-state index is -0.00986. The van der Waals surface area contributed by atoms with Crippen LogP contribution in [0.3, 0.4) is 0 Å². The van der Waals surface area contributed by atoms with E-state index in [1.54, 1.807) is 0 Å². The molecule has 0 bridgehead atoms. The third-order valence-corrected chi connectivity index (χ3v) is 8.20. The first-order chi connectivity index (χ1) is 22.1. The zero-order valence-electron chi connectivity index (χ0n) is 26.7. The molecule has 45 heavy (non-hydrogen) atoms. The van der Waals surface area contributed by atoms with Gasteiger partial charge in [-0.05, 0) is 90.4 Å². The number of fused-ring (bicyclic) bond motifs is 3. The first-order valence-corrected chi connectivity index (χ1v) is 15.9. The van der Waals surface area contributed by atoms with Crippen molar-refractivity contribution in [2.45, 2.75) is 39.2 Å². The Balaban J connectivity index is 1.63. The number of rotatable bonds is 13. The van der Waals surface area contributed by atoms with Crippen molar-refractivity contribution in [1.29, 1.82) is 0 Å². The van der Waals surface area contributed by atoms with Crippen LogP contribution in [0.5, 0.6) is 0 Å². The molecule has 0 saturated heterocycles. The number of hydrogen-bond donors (Lipinski definition) is 1. The largest absolute Gasteiger partial charge is 0.456 e. The van der Waals surface area contributed by atoms with E-state index in [9.17, 15) is 0 Å². The molecular formula is C43H43NO. The topological polar surface area (TPSA) is 25.2 Å². The Kier molecular flexibility index (Phi) is 11.0. The van der Waals surface area contributed by atoms with E-state index in [4.69, 9.17) is 4.42 Å². The van der Waals surface area contributed by atoms with Crippen molar-refractivity contribution in [3.05, 3.63) is 180 Å². The summed E-state index contributed by atoms with van der Waals surface area (Å²) in [5.41, 5.74) is 12.4. The van der Waals surface area contributed by atoms with Crippen LogP contribution in [0.1, 0.15) is 49.4 Å². The summed E-state index contributed by atoms with van der Waals surface area (Å²) < 4.78 is 6.42. The molecule has 0 saturated carbocycles. The standard InChI is InChI=1S/C43H43NO/c1-5-7-9-13-19-32(3)37(29-33-20-14-12-15-21-33)30-35(22-8-6-2)36-27-28-40-39(31-36)42-38(25-18-26-41(42)45-40)43(44-4)34-23-16-10-11-17-24-34/h6-7,9-16,18-28,30-32,43-44H,2,5,8,29H2,1,3-4H3/b9-7-,19-13-,35-22+,37-30+. The van der Waals surface area contributed by atoms with Gasteiger partial charge in [0.15, 0.2) is 0 Å². The Morgan fingerprint density at radius 1 is 1.00 bits per heavy atom. The molecule has 2 heteroatoms. The van der Waals surface area contributed by atoms with Gasteiger partial charge in [0.25, 0.3) is 0 Å². The van der Waals surface area contributed by atoms with Crippen LogP contribution in [0.25, 0.3) is 27.5 Å². The lowest BCUT2D eigenvalue weighted by Gasteiger charge is -2.19. The van der Waals surface area contributed by atoms with Crippen molar-refractivity contribution in [2.75, 3.05) is 7.05 Å². The van der Waals surface area contributed by atoms with Crippen LogP contribution in [0.2, 0.25) is 0 Å². The summed E-state index contributed by atoms with van der Waals surface area (Å²) in [5, 5.41) is 5.79. The highest BCUT2D eigenvalue weighted by molar-refractivity contribution is 6.08. The molecule has 1 aromatic heterocycles. The summed E-state index contributed by atoms with van der Waals surface area (Å²) in [6.07, 6.45) is 28.3. The van der Waals surface area contributed by atoms with Crippen LogP contribution >= 0.6 is 0 Å². The van der Waals surface area contributed by atoms with Gasteiger partial charge in [-0.15, -0.1) is 12.3 Å². The summed E-state index contributed by atoms with van der Waals surface area (Å²) >= 11 is 0. The van der Waals surface area contributed by atoms with E-state index >= 15 is 0 Å². The molecule has 1 aliphatic carbocycles. The lowest BCUT2D eigenvalue weighted by molar-refractivity contribution is 0.665. The molecule has 0 amide bonds. The smallest absolute Gasteiger partial charge is 0.135 e. The number of furan rings is 1. The summed E-state index contributed by atoms with van der Waals surface area (Å²) in [6.45, 7) is 8.46. The number of allylic oxidation sites excluding steroid dienone is 12. The highest BCUT2D eigenvalue weighted by atomic mass is 16.3. The monoisotopic (exact) mass is 589 g/mol. The van der Waals surface area contributed by atoms with E-state index in [1.807, 2.05) is 25.3 Å². The van der Waals surface area contributed by atoms with E-state index < -0.39 is 0 Å².